The van der Waals surface area contributed by atoms with Crippen molar-refractivity contribution in [2.45, 2.75) is 25.7 Å². The molecule has 1 saturated heterocycles. The van der Waals surface area contributed by atoms with Crippen molar-refractivity contribution in [1.82, 2.24) is 25.1 Å². The first-order chi connectivity index (χ1) is 15.8. The third-order valence-electron chi connectivity index (χ3n) is 5.66. The van der Waals surface area contributed by atoms with Gasteiger partial charge in [0.1, 0.15) is 11.6 Å². The number of piperazine rings is 1. The second-order valence-corrected chi connectivity index (χ2v) is 8.03. The predicted molar refractivity (Wildman–Crippen MR) is 119 cm³/mol. The first-order valence-electron chi connectivity index (χ1n) is 10.7. The van der Waals surface area contributed by atoms with Crippen LogP contribution < -0.4 is 10.2 Å². The maximum absolute atomic E-state index is 12.8. The first-order valence-corrected chi connectivity index (χ1v) is 10.7. The van der Waals surface area contributed by atoms with E-state index >= 15 is 0 Å². The maximum Gasteiger partial charge on any atom is 0.417 e. The Morgan fingerprint density at radius 1 is 1.12 bits per heavy atom. The molecule has 0 aromatic carbocycles. The van der Waals surface area contributed by atoms with E-state index in [1.54, 1.807) is 6.20 Å². The molecule has 1 atom stereocenters. The van der Waals surface area contributed by atoms with Crippen molar-refractivity contribution in [3.8, 4) is 11.3 Å². The topological polar surface area (TPSA) is 93.2 Å². The number of pyridine rings is 2. The SMILES string of the molecule is C[C@@H]1CN(Cc2cn[nH]c2-c2ccc(NCCO)nc2)CCN1c1ccc(C(F)(F)F)cn1. The lowest BCUT2D eigenvalue weighted by molar-refractivity contribution is -0.137. The summed E-state index contributed by atoms with van der Waals surface area (Å²) in [6.45, 7) is 5.37. The molecule has 176 valence electrons. The molecule has 4 heterocycles. The lowest BCUT2D eigenvalue weighted by Gasteiger charge is -2.40. The van der Waals surface area contributed by atoms with Crippen molar-refractivity contribution in [2.24, 2.45) is 0 Å². The number of aliphatic hydroxyl groups excluding tert-OH is 1. The van der Waals surface area contributed by atoms with Gasteiger partial charge in [0.2, 0.25) is 0 Å². The maximum atomic E-state index is 12.8. The number of rotatable bonds is 7. The molecule has 4 rings (SSSR count). The van der Waals surface area contributed by atoms with Gasteiger partial charge in [-0.2, -0.15) is 18.3 Å². The molecule has 0 bridgehead atoms. The van der Waals surface area contributed by atoms with E-state index in [1.807, 2.05) is 30.2 Å². The minimum absolute atomic E-state index is 0.0365. The molecule has 3 aromatic heterocycles. The molecule has 0 radical (unpaired) electrons. The molecular weight excluding hydrogens is 435 g/mol. The van der Waals surface area contributed by atoms with Crippen LogP contribution in [0.5, 0.6) is 0 Å². The summed E-state index contributed by atoms with van der Waals surface area (Å²) < 4.78 is 38.4. The van der Waals surface area contributed by atoms with Gasteiger partial charge in [0, 0.05) is 62.3 Å². The van der Waals surface area contributed by atoms with Gasteiger partial charge in [0.05, 0.1) is 24.1 Å². The third-order valence-corrected chi connectivity index (χ3v) is 5.66. The van der Waals surface area contributed by atoms with E-state index in [1.165, 1.54) is 6.07 Å². The van der Waals surface area contributed by atoms with Gasteiger partial charge in [0.25, 0.3) is 0 Å². The van der Waals surface area contributed by atoms with E-state index in [0.717, 1.165) is 42.2 Å². The highest BCUT2D eigenvalue weighted by atomic mass is 19.4. The second-order valence-electron chi connectivity index (χ2n) is 8.03. The number of H-pyrrole nitrogens is 1. The van der Waals surface area contributed by atoms with Gasteiger partial charge in [-0.3, -0.25) is 10.00 Å². The van der Waals surface area contributed by atoms with Crippen molar-refractivity contribution in [3.63, 3.8) is 0 Å². The lowest BCUT2D eigenvalue weighted by Crippen LogP contribution is -2.51. The van der Waals surface area contributed by atoms with Crippen molar-refractivity contribution in [3.05, 3.63) is 54.0 Å². The Morgan fingerprint density at radius 2 is 1.97 bits per heavy atom. The van der Waals surface area contributed by atoms with E-state index in [4.69, 9.17) is 5.11 Å². The summed E-state index contributed by atoms with van der Waals surface area (Å²) in [4.78, 5) is 12.7. The summed E-state index contributed by atoms with van der Waals surface area (Å²) in [5.41, 5.74) is 2.12. The van der Waals surface area contributed by atoms with Crippen LogP contribution in [0, 0.1) is 0 Å². The molecule has 1 fully saturated rings. The van der Waals surface area contributed by atoms with Gasteiger partial charge in [-0.1, -0.05) is 0 Å². The zero-order chi connectivity index (χ0) is 23.4. The molecule has 3 aromatic rings. The molecular formula is C22H26F3N7O. The fourth-order valence-electron chi connectivity index (χ4n) is 3.99. The lowest BCUT2D eigenvalue weighted by atomic mass is 10.1. The molecule has 0 spiro atoms. The number of aliphatic hydroxyl groups is 1. The Morgan fingerprint density at radius 3 is 2.61 bits per heavy atom. The number of hydrogen-bond donors (Lipinski definition) is 3. The quantitative estimate of drug-likeness (QED) is 0.498. The van der Waals surface area contributed by atoms with Crippen LogP contribution in [-0.2, 0) is 12.7 Å². The summed E-state index contributed by atoms with van der Waals surface area (Å²) in [7, 11) is 0. The van der Waals surface area contributed by atoms with E-state index < -0.39 is 11.7 Å². The standard InChI is InChI=1S/C22H26F3N7O/c1-15-13-31(7-8-32(15)20-5-3-18(12-28-20)22(23,24)25)14-17-11-29-30-21(17)16-2-4-19(27-10-16)26-6-9-33/h2-5,10-12,15,33H,6-9,13-14H2,1H3,(H,26,27)(H,29,30)/t15-/m1/s1. The number of aromatic nitrogens is 4. The Labute approximate surface area is 189 Å². The molecule has 11 heteroatoms. The zero-order valence-corrected chi connectivity index (χ0v) is 18.2. The van der Waals surface area contributed by atoms with Crippen LogP contribution in [0.15, 0.2) is 42.9 Å². The third kappa shape index (κ3) is 5.42. The van der Waals surface area contributed by atoms with Gasteiger partial charge >= 0.3 is 6.18 Å². The monoisotopic (exact) mass is 461 g/mol. The van der Waals surface area contributed by atoms with Gasteiger partial charge in [0.15, 0.2) is 0 Å². The average Bonchev–Trinajstić information content (AvgIpc) is 3.26. The summed E-state index contributed by atoms with van der Waals surface area (Å²) in [6.07, 6.45) is 0.0734. The van der Waals surface area contributed by atoms with Crippen molar-refractivity contribution < 1.29 is 18.3 Å². The number of hydrogen-bond acceptors (Lipinski definition) is 7. The molecule has 1 aliphatic heterocycles. The smallest absolute Gasteiger partial charge is 0.395 e. The van der Waals surface area contributed by atoms with Crippen LogP contribution in [0.3, 0.4) is 0 Å². The van der Waals surface area contributed by atoms with Crippen LogP contribution >= 0.6 is 0 Å². The molecule has 0 amide bonds. The highest BCUT2D eigenvalue weighted by Crippen LogP contribution is 2.30. The van der Waals surface area contributed by atoms with Gasteiger partial charge in [-0.05, 0) is 31.2 Å². The Balaban J connectivity index is 1.39. The van der Waals surface area contributed by atoms with E-state index in [2.05, 4.69) is 30.4 Å². The average molecular weight is 461 g/mol. The summed E-state index contributed by atoms with van der Waals surface area (Å²) >= 11 is 0. The minimum atomic E-state index is -4.38. The number of nitrogens with zero attached hydrogens (tertiary/aromatic N) is 5. The van der Waals surface area contributed by atoms with Crippen LogP contribution in [0.4, 0.5) is 24.8 Å². The molecule has 0 aliphatic carbocycles. The Hall–Kier alpha value is -3.18. The normalized spacial score (nSPS) is 17.4. The predicted octanol–water partition coefficient (Wildman–Crippen LogP) is 3.00. The van der Waals surface area contributed by atoms with Crippen molar-refractivity contribution in [2.75, 3.05) is 43.0 Å². The molecule has 1 aliphatic rings. The van der Waals surface area contributed by atoms with Crippen LogP contribution in [-0.4, -0.2) is 69.0 Å². The zero-order valence-electron chi connectivity index (χ0n) is 18.2. The molecule has 0 unspecified atom stereocenters. The van der Waals surface area contributed by atoms with Gasteiger partial charge in [-0.25, -0.2) is 9.97 Å². The number of aromatic amines is 1. The van der Waals surface area contributed by atoms with Crippen LogP contribution in [0.1, 0.15) is 18.1 Å². The fraction of sp³-hybridized carbons (Fsp3) is 0.409. The summed E-state index contributed by atoms with van der Waals surface area (Å²) in [6, 6.07) is 6.41. The largest absolute Gasteiger partial charge is 0.417 e. The van der Waals surface area contributed by atoms with E-state index in [-0.39, 0.29) is 12.6 Å². The number of alkyl halides is 3. The van der Waals surface area contributed by atoms with Crippen molar-refractivity contribution >= 4 is 11.6 Å². The Bertz CT molecular complexity index is 1040. The van der Waals surface area contributed by atoms with E-state index in [9.17, 15) is 13.2 Å². The summed E-state index contributed by atoms with van der Waals surface area (Å²) in [5.74, 6) is 1.25. The second kappa shape index (κ2) is 9.75. The molecule has 8 nitrogen and oxygen atoms in total. The number of halogens is 3. The number of nitrogens with one attached hydrogen (secondary N) is 2. The van der Waals surface area contributed by atoms with Gasteiger partial charge < -0.3 is 15.3 Å². The minimum Gasteiger partial charge on any atom is -0.395 e. The number of anilines is 2. The first kappa shape index (κ1) is 23.0. The Kier molecular flexibility index (Phi) is 6.80. The highest BCUT2D eigenvalue weighted by Gasteiger charge is 2.31. The highest BCUT2D eigenvalue weighted by molar-refractivity contribution is 5.63. The molecule has 3 N–H and O–H groups in total. The van der Waals surface area contributed by atoms with Crippen molar-refractivity contribution in [1.29, 1.82) is 0 Å². The van der Waals surface area contributed by atoms with E-state index in [0.29, 0.717) is 31.3 Å². The molecule has 33 heavy (non-hydrogen) atoms. The van der Waals surface area contributed by atoms with Crippen LogP contribution in [0.25, 0.3) is 11.3 Å². The van der Waals surface area contributed by atoms with Crippen LogP contribution in [0.2, 0.25) is 0 Å². The van der Waals surface area contributed by atoms with Gasteiger partial charge in [-0.15, -0.1) is 0 Å². The summed E-state index contributed by atoms with van der Waals surface area (Å²) in [5, 5.41) is 19.2. The fourth-order valence-corrected chi connectivity index (χ4v) is 3.99. The molecule has 0 saturated carbocycles.